The van der Waals surface area contributed by atoms with Crippen molar-refractivity contribution in [2.24, 2.45) is 0 Å². The van der Waals surface area contributed by atoms with Crippen LogP contribution >= 0.6 is 0 Å². The predicted octanol–water partition coefficient (Wildman–Crippen LogP) is 0.849. The molecule has 0 unspecified atom stereocenters. The van der Waals surface area contributed by atoms with Crippen molar-refractivity contribution in [1.29, 1.82) is 0 Å². The first-order valence-corrected chi connectivity index (χ1v) is 3.65. The highest BCUT2D eigenvalue weighted by Gasteiger charge is 2.07. The second-order valence-corrected chi connectivity index (χ2v) is 2.38. The van der Waals surface area contributed by atoms with Gasteiger partial charge in [0, 0.05) is 7.05 Å². The van der Waals surface area contributed by atoms with Crippen molar-refractivity contribution in [2.75, 3.05) is 12.4 Å². The second-order valence-electron chi connectivity index (χ2n) is 2.38. The van der Waals surface area contributed by atoms with Crippen LogP contribution < -0.4 is 10.6 Å². The van der Waals surface area contributed by atoms with E-state index < -0.39 is 6.03 Å². The number of urea groups is 1. The van der Waals surface area contributed by atoms with E-state index in [2.05, 4.69) is 10.6 Å². The molecule has 0 aliphatic rings. The molecule has 0 fully saturated rings. The summed E-state index contributed by atoms with van der Waals surface area (Å²) in [4.78, 5) is 10.8. The molecular formula is C8H10N2O3. The number of anilines is 1. The maximum Gasteiger partial charge on any atom is 0.319 e. The summed E-state index contributed by atoms with van der Waals surface area (Å²) in [7, 11) is 1.45. The molecule has 2 amide bonds. The average molecular weight is 182 g/mol. The molecule has 0 radical (unpaired) electrons. The Kier molecular flexibility index (Phi) is 2.59. The van der Waals surface area contributed by atoms with Crippen LogP contribution in [0, 0.1) is 0 Å². The highest BCUT2D eigenvalue weighted by Crippen LogP contribution is 2.32. The first kappa shape index (κ1) is 9.18. The Morgan fingerprint density at radius 2 is 2.08 bits per heavy atom. The van der Waals surface area contributed by atoms with Crippen LogP contribution in [0.15, 0.2) is 18.2 Å². The topological polar surface area (TPSA) is 81.6 Å². The van der Waals surface area contributed by atoms with E-state index >= 15 is 0 Å². The number of carbonyl (C=O) groups excluding carboxylic acids is 1. The summed E-state index contributed by atoms with van der Waals surface area (Å²) in [6, 6.07) is 3.86. The van der Waals surface area contributed by atoms with Gasteiger partial charge in [-0.1, -0.05) is 6.07 Å². The number of phenolic OH excluding ortho intramolecular Hbond substituents is 2. The summed E-state index contributed by atoms with van der Waals surface area (Å²) in [5.41, 5.74) is 0.166. The zero-order valence-corrected chi connectivity index (χ0v) is 7.03. The van der Waals surface area contributed by atoms with Gasteiger partial charge in [0.05, 0.1) is 5.69 Å². The van der Waals surface area contributed by atoms with Gasteiger partial charge >= 0.3 is 6.03 Å². The number of aromatic hydroxyl groups is 2. The lowest BCUT2D eigenvalue weighted by Gasteiger charge is -2.06. The summed E-state index contributed by atoms with van der Waals surface area (Å²) in [6.07, 6.45) is 0. The van der Waals surface area contributed by atoms with E-state index in [4.69, 9.17) is 5.11 Å². The molecule has 0 saturated carbocycles. The SMILES string of the molecule is CNC(=O)Nc1cccc(O)c1O. The Labute approximate surface area is 75.0 Å². The highest BCUT2D eigenvalue weighted by atomic mass is 16.3. The van der Waals surface area contributed by atoms with Gasteiger partial charge < -0.3 is 20.8 Å². The van der Waals surface area contributed by atoms with Gasteiger partial charge in [0.2, 0.25) is 0 Å². The number of hydrogen-bond acceptors (Lipinski definition) is 3. The van der Waals surface area contributed by atoms with Gasteiger partial charge in [-0.3, -0.25) is 0 Å². The van der Waals surface area contributed by atoms with Gasteiger partial charge in [-0.2, -0.15) is 0 Å². The fourth-order valence-corrected chi connectivity index (χ4v) is 0.817. The maximum absolute atomic E-state index is 10.8. The summed E-state index contributed by atoms with van der Waals surface area (Å²) < 4.78 is 0. The van der Waals surface area contributed by atoms with E-state index in [1.807, 2.05) is 0 Å². The van der Waals surface area contributed by atoms with Crippen molar-refractivity contribution >= 4 is 11.7 Å². The smallest absolute Gasteiger partial charge is 0.319 e. The van der Waals surface area contributed by atoms with Crippen molar-refractivity contribution in [3.63, 3.8) is 0 Å². The largest absolute Gasteiger partial charge is 0.504 e. The lowest BCUT2D eigenvalue weighted by Crippen LogP contribution is -2.24. The van der Waals surface area contributed by atoms with Crippen LogP contribution in [0.3, 0.4) is 0 Å². The summed E-state index contributed by atoms with van der Waals surface area (Å²) >= 11 is 0. The lowest BCUT2D eigenvalue weighted by molar-refractivity contribution is 0.254. The Hall–Kier alpha value is -1.91. The molecule has 1 aromatic rings. The van der Waals surface area contributed by atoms with Crippen LogP contribution in [0.5, 0.6) is 11.5 Å². The molecule has 1 rings (SSSR count). The standard InChI is InChI=1S/C8H10N2O3/c1-9-8(13)10-5-3-2-4-6(11)7(5)12/h2-4,11-12H,1H3,(H2,9,10,13). The van der Waals surface area contributed by atoms with E-state index in [0.29, 0.717) is 0 Å². The third kappa shape index (κ3) is 2.02. The van der Waals surface area contributed by atoms with E-state index in [1.54, 1.807) is 0 Å². The number of carbonyl (C=O) groups is 1. The molecule has 0 spiro atoms. The predicted molar refractivity (Wildman–Crippen MR) is 47.9 cm³/mol. The molecule has 0 bridgehead atoms. The first-order chi connectivity index (χ1) is 6.15. The Balaban J connectivity index is 2.89. The maximum atomic E-state index is 10.8. The summed E-state index contributed by atoms with van der Waals surface area (Å²) in [5, 5.41) is 23.0. The average Bonchev–Trinajstić information content (AvgIpc) is 2.13. The third-order valence-electron chi connectivity index (χ3n) is 1.49. The van der Waals surface area contributed by atoms with Crippen LogP contribution in [0.4, 0.5) is 10.5 Å². The second kappa shape index (κ2) is 3.66. The van der Waals surface area contributed by atoms with Crippen molar-refractivity contribution < 1.29 is 15.0 Å². The molecule has 5 nitrogen and oxygen atoms in total. The minimum atomic E-state index is -0.457. The molecule has 0 saturated heterocycles. The minimum absolute atomic E-state index is 0.166. The number of benzene rings is 1. The molecule has 13 heavy (non-hydrogen) atoms. The zero-order chi connectivity index (χ0) is 9.84. The number of para-hydroxylation sites is 1. The van der Waals surface area contributed by atoms with Gasteiger partial charge in [-0.25, -0.2) is 4.79 Å². The highest BCUT2D eigenvalue weighted by molar-refractivity contribution is 5.91. The number of phenols is 2. The van der Waals surface area contributed by atoms with Gasteiger partial charge in [0.25, 0.3) is 0 Å². The minimum Gasteiger partial charge on any atom is -0.504 e. The Bertz CT molecular complexity index is 325. The molecule has 4 N–H and O–H groups in total. The normalized spacial score (nSPS) is 9.31. The molecule has 0 aromatic heterocycles. The van der Waals surface area contributed by atoms with E-state index in [0.717, 1.165) is 0 Å². The van der Waals surface area contributed by atoms with Gasteiger partial charge in [-0.15, -0.1) is 0 Å². The van der Waals surface area contributed by atoms with Crippen LogP contribution in [0.1, 0.15) is 0 Å². The van der Waals surface area contributed by atoms with Crippen LogP contribution in [-0.2, 0) is 0 Å². The van der Waals surface area contributed by atoms with Crippen LogP contribution in [-0.4, -0.2) is 23.3 Å². The quantitative estimate of drug-likeness (QED) is 0.486. The van der Waals surface area contributed by atoms with Gasteiger partial charge in [-0.05, 0) is 12.1 Å². The van der Waals surface area contributed by atoms with Crippen LogP contribution in [0.2, 0.25) is 0 Å². The number of hydrogen-bond donors (Lipinski definition) is 4. The lowest BCUT2D eigenvalue weighted by atomic mass is 10.3. The molecule has 70 valence electrons. The molecule has 5 heteroatoms. The fraction of sp³-hybridized carbons (Fsp3) is 0.125. The van der Waals surface area contributed by atoms with Crippen molar-refractivity contribution in [2.45, 2.75) is 0 Å². The van der Waals surface area contributed by atoms with E-state index in [-0.39, 0.29) is 17.2 Å². The molecule has 0 aliphatic heterocycles. The summed E-state index contributed by atoms with van der Waals surface area (Å²) in [6.45, 7) is 0. The first-order valence-electron chi connectivity index (χ1n) is 3.65. The van der Waals surface area contributed by atoms with Gasteiger partial charge in [0.1, 0.15) is 0 Å². The van der Waals surface area contributed by atoms with E-state index in [1.165, 1.54) is 25.2 Å². The third-order valence-corrected chi connectivity index (χ3v) is 1.49. The molecule has 0 atom stereocenters. The number of nitrogens with one attached hydrogen (secondary N) is 2. The Morgan fingerprint density at radius 1 is 1.38 bits per heavy atom. The molecular weight excluding hydrogens is 172 g/mol. The van der Waals surface area contributed by atoms with Crippen LogP contribution in [0.25, 0.3) is 0 Å². The number of rotatable bonds is 1. The van der Waals surface area contributed by atoms with Crippen molar-refractivity contribution in [3.05, 3.63) is 18.2 Å². The molecule has 0 aliphatic carbocycles. The summed E-state index contributed by atoms with van der Waals surface area (Å²) in [5.74, 6) is -0.611. The van der Waals surface area contributed by atoms with Crippen molar-refractivity contribution in [1.82, 2.24) is 5.32 Å². The fourth-order valence-electron chi connectivity index (χ4n) is 0.817. The molecule has 1 aromatic carbocycles. The zero-order valence-electron chi connectivity index (χ0n) is 7.03. The van der Waals surface area contributed by atoms with Crippen molar-refractivity contribution in [3.8, 4) is 11.5 Å². The Morgan fingerprint density at radius 3 is 2.69 bits per heavy atom. The molecule has 0 heterocycles. The van der Waals surface area contributed by atoms with Gasteiger partial charge in [0.15, 0.2) is 11.5 Å². The van der Waals surface area contributed by atoms with E-state index in [9.17, 15) is 9.90 Å². The monoisotopic (exact) mass is 182 g/mol. The number of amides is 2.